The highest BCUT2D eigenvalue weighted by atomic mass is 32.2. The molecule has 3 nitrogen and oxygen atoms in total. The first-order valence-electron chi connectivity index (χ1n) is 6.00. The maximum Gasteiger partial charge on any atom is 0.374 e. The molecular formula is C13H15NO2S2. The Kier molecular flexibility index (Phi) is 5.01. The first-order chi connectivity index (χ1) is 8.79. The van der Waals surface area contributed by atoms with E-state index >= 15 is 0 Å². The molecule has 0 atom stereocenters. The van der Waals surface area contributed by atoms with E-state index in [2.05, 4.69) is 11.9 Å². The molecule has 0 aliphatic carbocycles. The zero-order valence-electron chi connectivity index (χ0n) is 10.2. The number of thioether (sulfide) groups is 1. The minimum atomic E-state index is -0.259. The molecule has 0 amide bonds. The predicted octanol–water partition coefficient (Wildman–Crippen LogP) is 4.72. The standard InChI is InChI=1S/C13H15NO2S2/c1-2-3-6-9-16-13(15)18-12-14-10-7-4-5-8-11(10)17-12/h4-5,7-8H,2-3,6,9H2,1H3. The molecule has 96 valence electrons. The van der Waals surface area contributed by atoms with Crippen molar-refractivity contribution in [1.82, 2.24) is 4.98 Å². The monoisotopic (exact) mass is 281 g/mol. The van der Waals surface area contributed by atoms with Crippen LogP contribution in [0, 0.1) is 0 Å². The Balaban J connectivity index is 1.86. The van der Waals surface area contributed by atoms with Crippen LogP contribution < -0.4 is 0 Å². The second-order valence-electron chi connectivity index (χ2n) is 3.86. The van der Waals surface area contributed by atoms with Gasteiger partial charge in [0.25, 0.3) is 0 Å². The molecular weight excluding hydrogens is 266 g/mol. The van der Waals surface area contributed by atoms with Crippen LogP contribution in [0.25, 0.3) is 10.2 Å². The first kappa shape index (κ1) is 13.4. The number of hydrogen-bond acceptors (Lipinski definition) is 5. The lowest BCUT2D eigenvalue weighted by Crippen LogP contribution is -1.99. The van der Waals surface area contributed by atoms with Gasteiger partial charge in [0.2, 0.25) is 0 Å². The van der Waals surface area contributed by atoms with E-state index in [9.17, 15) is 4.79 Å². The van der Waals surface area contributed by atoms with Gasteiger partial charge in [-0.2, -0.15) is 0 Å². The van der Waals surface area contributed by atoms with Gasteiger partial charge in [-0.1, -0.05) is 31.9 Å². The Morgan fingerprint density at radius 2 is 2.22 bits per heavy atom. The molecule has 0 bridgehead atoms. The van der Waals surface area contributed by atoms with Gasteiger partial charge in [0, 0.05) is 11.8 Å². The number of hydrogen-bond donors (Lipinski definition) is 0. The summed E-state index contributed by atoms with van der Waals surface area (Å²) in [6.45, 7) is 2.63. The summed E-state index contributed by atoms with van der Waals surface area (Å²) in [5.41, 5.74) is 0.934. The smallest absolute Gasteiger partial charge is 0.374 e. The van der Waals surface area contributed by atoms with E-state index in [4.69, 9.17) is 4.74 Å². The first-order valence-corrected chi connectivity index (χ1v) is 7.63. The number of thiazole rings is 1. The fourth-order valence-electron chi connectivity index (χ4n) is 1.50. The van der Waals surface area contributed by atoms with Crippen LogP contribution in [0.3, 0.4) is 0 Å². The Morgan fingerprint density at radius 1 is 1.39 bits per heavy atom. The second kappa shape index (κ2) is 6.75. The Morgan fingerprint density at radius 3 is 3.00 bits per heavy atom. The summed E-state index contributed by atoms with van der Waals surface area (Å²) >= 11 is 2.59. The molecule has 2 aromatic rings. The summed E-state index contributed by atoms with van der Waals surface area (Å²) in [6, 6.07) is 7.86. The second-order valence-corrected chi connectivity index (χ2v) is 6.07. The molecule has 0 radical (unpaired) electrons. The summed E-state index contributed by atoms with van der Waals surface area (Å²) in [5.74, 6) is 0. The fraction of sp³-hybridized carbons (Fsp3) is 0.385. The quantitative estimate of drug-likeness (QED) is 0.452. The van der Waals surface area contributed by atoms with Crippen molar-refractivity contribution in [3.8, 4) is 0 Å². The van der Waals surface area contributed by atoms with Crippen molar-refractivity contribution in [1.29, 1.82) is 0 Å². The van der Waals surface area contributed by atoms with Crippen LogP contribution in [0.15, 0.2) is 28.6 Å². The van der Waals surface area contributed by atoms with Gasteiger partial charge in [-0.3, -0.25) is 0 Å². The zero-order valence-corrected chi connectivity index (χ0v) is 11.9. The van der Waals surface area contributed by atoms with Gasteiger partial charge in [0.15, 0.2) is 4.34 Å². The maximum absolute atomic E-state index is 11.6. The van der Waals surface area contributed by atoms with Crippen LogP contribution in [0.1, 0.15) is 26.2 Å². The zero-order chi connectivity index (χ0) is 12.8. The number of unbranched alkanes of at least 4 members (excludes halogenated alkanes) is 2. The molecule has 0 saturated carbocycles. The van der Waals surface area contributed by atoms with Gasteiger partial charge in [-0.25, -0.2) is 9.78 Å². The summed E-state index contributed by atoms with van der Waals surface area (Å²) in [5, 5.41) is -0.259. The Hall–Kier alpha value is -1.07. The average Bonchev–Trinajstić information content (AvgIpc) is 2.76. The Labute approximate surface area is 115 Å². The molecule has 0 aliphatic heterocycles. The van der Waals surface area contributed by atoms with Crippen LogP contribution in [0.2, 0.25) is 0 Å². The minimum Gasteiger partial charge on any atom is -0.457 e. The average molecular weight is 281 g/mol. The van der Waals surface area contributed by atoms with Crippen molar-refractivity contribution >= 4 is 38.6 Å². The van der Waals surface area contributed by atoms with Crippen molar-refractivity contribution in [2.24, 2.45) is 0 Å². The van der Waals surface area contributed by atoms with E-state index in [1.165, 1.54) is 11.3 Å². The molecule has 0 fully saturated rings. The highest BCUT2D eigenvalue weighted by Crippen LogP contribution is 2.30. The third-order valence-electron chi connectivity index (χ3n) is 2.41. The van der Waals surface area contributed by atoms with Gasteiger partial charge < -0.3 is 4.74 Å². The van der Waals surface area contributed by atoms with Gasteiger partial charge in [-0.15, -0.1) is 11.3 Å². The van der Waals surface area contributed by atoms with E-state index in [0.717, 1.165) is 45.6 Å². The van der Waals surface area contributed by atoms with Crippen molar-refractivity contribution in [2.75, 3.05) is 6.61 Å². The number of fused-ring (bicyclic) bond motifs is 1. The minimum absolute atomic E-state index is 0.259. The molecule has 0 aliphatic rings. The number of carbonyl (C=O) groups excluding carboxylic acids is 1. The molecule has 1 heterocycles. The number of carbonyl (C=O) groups is 1. The lowest BCUT2D eigenvalue weighted by Gasteiger charge is -2.01. The van der Waals surface area contributed by atoms with Gasteiger partial charge >= 0.3 is 5.30 Å². The molecule has 0 spiro atoms. The van der Waals surface area contributed by atoms with Gasteiger partial charge in [0.05, 0.1) is 16.8 Å². The summed E-state index contributed by atoms with van der Waals surface area (Å²) in [4.78, 5) is 15.9. The fourth-order valence-corrected chi connectivity index (χ4v) is 3.27. The highest BCUT2D eigenvalue weighted by molar-refractivity contribution is 8.14. The Bertz CT molecular complexity index is 491. The molecule has 18 heavy (non-hydrogen) atoms. The number of para-hydroxylation sites is 1. The summed E-state index contributed by atoms with van der Waals surface area (Å²) in [7, 11) is 0. The SMILES string of the molecule is CCCCCOC(=O)Sc1nc2ccccc2s1. The van der Waals surface area contributed by atoms with Crippen LogP contribution in [-0.2, 0) is 4.74 Å². The third kappa shape index (κ3) is 3.71. The molecule has 5 heteroatoms. The lowest BCUT2D eigenvalue weighted by atomic mass is 10.3. The van der Waals surface area contributed by atoms with Gasteiger partial charge in [-0.05, 0) is 18.6 Å². The normalized spacial score (nSPS) is 10.7. The van der Waals surface area contributed by atoms with E-state index in [-0.39, 0.29) is 5.30 Å². The largest absolute Gasteiger partial charge is 0.457 e. The summed E-state index contributed by atoms with van der Waals surface area (Å²) < 4.78 is 6.98. The maximum atomic E-state index is 11.6. The van der Waals surface area contributed by atoms with E-state index in [1.807, 2.05) is 24.3 Å². The lowest BCUT2D eigenvalue weighted by molar-refractivity contribution is 0.172. The third-order valence-corrected chi connectivity index (χ3v) is 4.29. The van der Waals surface area contributed by atoms with Crippen molar-refractivity contribution in [3.05, 3.63) is 24.3 Å². The predicted molar refractivity (Wildman–Crippen MR) is 76.4 cm³/mol. The molecule has 0 N–H and O–H groups in total. The molecule has 1 aromatic heterocycles. The van der Waals surface area contributed by atoms with Gasteiger partial charge in [0.1, 0.15) is 0 Å². The molecule has 0 saturated heterocycles. The molecule has 0 unspecified atom stereocenters. The number of benzene rings is 1. The number of nitrogens with zero attached hydrogens (tertiary/aromatic N) is 1. The van der Waals surface area contributed by atoms with Crippen LogP contribution >= 0.6 is 23.1 Å². The van der Waals surface area contributed by atoms with E-state index in [0.29, 0.717) is 6.61 Å². The highest BCUT2D eigenvalue weighted by Gasteiger charge is 2.10. The van der Waals surface area contributed by atoms with Crippen LogP contribution in [0.4, 0.5) is 4.79 Å². The number of aromatic nitrogens is 1. The van der Waals surface area contributed by atoms with Crippen LogP contribution in [0.5, 0.6) is 0 Å². The van der Waals surface area contributed by atoms with Crippen molar-refractivity contribution in [2.45, 2.75) is 30.5 Å². The van der Waals surface area contributed by atoms with Crippen molar-refractivity contribution < 1.29 is 9.53 Å². The topological polar surface area (TPSA) is 39.2 Å². The summed E-state index contributed by atoms with van der Waals surface area (Å²) in [6.07, 6.45) is 3.16. The number of rotatable bonds is 5. The molecule has 2 rings (SSSR count). The van der Waals surface area contributed by atoms with E-state index < -0.39 is 0 Å². The van der Waals surface area contributed by atoms with Crippen molar-refractivity contribution in [3.63, 3.8) is 0 Å². The molecule has 1 aromatic carbocycles. The number of ether oxygens (including phenoxy) is 1. The van der Waals surface area contributed by atoms with Crippen LogP contribution in [-0.4, -0.2) is 16.9 Å². The van der Waals surface area contributed by atoms with E-state index in [1.54, 1.807) is 0 Å².